The number of nitriles is 1. The molecule has 1 aromatic heterocycles. The summed E-state index contributed by atoms with van der Waals surface area (Å²) in [5.41, 5.74) is 1.78. The summed E-state index contributed by atoms with van der Waals surface area (Å²) < 4.78 is 7.34. The molecular formula is C19H24N4O. The lowest BCUT2D eigenvalue weighted by atomic mass is 9.94. The molecule has 0 saturated carbocycles. The highest BCUT2D eigenvalue weighted by Crippen LogP contribution is 2.24. The fourth-order valence-electron chi connectivity index (χ4n) is 3.51. The van der Waals surface area contributed by atoms with E-state index in [1.165, 1.54) is 18.4 Å². The Balaban J connectivity index is 1.63. The van der Waals surface area contributed by atoms with Crippen molar-refractivity contribution in [3.63, 3.8) is 0 Å². The molecule has 0 amide bonds. The van der Waals surface area contributed by atoms with Gasteiger partial charge in [-0.2, -0.15) is 5.26 Å². The van der Waals surface area contributed by atoms with E-state index in [4.69, 9.17) is 4.74 Å². The lowest BCUT2D eigenvalue weighted by Crippen LogP contribution is -2.36. The number of benzene rings is 1. The first-order valence-corrected chi connectivity index (χ1v) is 8.45. The van der Waals surface area contributed by atoms with E-state index in [-0.39, 0.29) is 0 Å². The predicted molar refractivity (Wildman–Crippen MR) is 92.6 cm³/mol. The fraction of sp³-hybridized carbons (Fsp3) is 0.474. The summed E-state index contributed by atoms with van der Waals surface area (Å²) in [6, 6.07) is 8.11. The number of methoxy groups -OCH3 is 1. The second-order valence-corrected chi connectivity index (χ2v) is 6.55. The molecule has 1 aliphatic rings. The number of rotatable bonds is 5. The van der Waals surface area contributed by atoms with Crippen LogP contribution in [-0.4, -0.2) is 34.7 Å². The van der Waals surface area contributed by atoms with E-state index in [0.29, 0.717) is 17.2 Å². The summed E-state index contributed by atoms with van der Waals surface area (Å²) in [6.45, 7) is 3.08. The van der Waals surface area contributed by atoms with Crippen LogP contribution in [0.1, 0.15) is 29.8 Å². The van der Waals surface area contributed by atoms with Crippen LogP contribution >= 0.6 is 0 Å². The summed E-state index contributed by atoms with van der Waals surface area (Å²) in [5, 5.41) is 9.24. The number of nitrogens with zero attached hydrogens (tertiary/aromatic N) is 4. The number of aromatic nitrogens is 2. The second-order valence-electron chi connectivity index (χ2n) is 6.55. The van der Waals surface area contributed by atoms with E-state index in [9.17, 15) is 5.26 Å². The molecule has 0 bridgehead atoms. The third-order valence-electron chi connectivity index (χ3n) is 4.79. The number of aryl methyl sites for hydroxylation is 1. The first-order chi connectivity index (χ1) is 11.7. The molecule has 5 heteroatoms. The average Bonchev–Trinajstić information content (AvgIpc) is 3.00. The Hall–Kier alpha value is -2.32. The van der Waals surface area contributed by atoms with Gasteiger partial charge in [0.15, 0.2) is 0 Å². The summed E-state index contributed by atoms with van der Waals surface area (Å²) in [4.78, 5) is 6.94. The van der Waals surface area contributed by atoms with Crippen LogP contribution in [0, 0.1) is 17.2 Å². The molecule has 1 fully saturated rings. The van der Waals surface area contributed by atoms with Gasteiger partial charge in [-0.3, -0.25) is 4.90 Å². The highest BCUT2D eigenvalue weighted by atomic mass is 16.5. The first-order valence-electron chi connectivity index (χ1n) is 8.45. The van der Waals surface area contributed by atoms with Gasteiger partial charge in [-0.15, -0.1) is 0 Å². The zero-order valence-corrected chi connectivity index (χ0v) is 14.4. The van der Waals surface area contributed by atoms with Crippen LogP contribution in [0.2, 0.25) is 0 Å². The minimum absolute atomic E-state index is 0.608. The fourth-order valence-corrected chi connectivity index (χ4v) is 3.51. The number of imidazole rings is 1. The van der Waals surface area contributed by atoms with Crippen LogP contribution in [0.5, 0.6) is 5.75 Å². The lowest BCUT2D eigenvalue weighted by molar-refractivity contribution is 0.165. The van der Waals surface area contributed by atoms with Crippen molar-refractivity contribution in [1.29, 1.82) is 5.26 Å². The predicted octanol–water partition coefficient (Wildman–Crippen LogP) is 2.76. The standard InChI is InChI=1S/C19H24N4O/c1-22-9-7-21-19(22)11-15-4-3-8-23(13-15)14-16-5-6-18(24-2)17(10-16)12-20/h5-7,9-10,15H,3-4,8,11,13-14H2,1-2H3/t15-/m0/s1. The van der Waals surface area contributed by atoms with Crippen molar-refractivity contribution in [3.8, 4) is 11.8 Å². The van der Waals surface area contributed by atoms with Gasteiger partial charge in [0.1, 0.15) is 17.6 Å². The molecule has 2 heterocycles. The van der Waals surface area contributed by atoms with Crippen molar-refractivity contribution >= 4 is 0 Å². The minimum Gasteiger partial charge on any atom is -0.495 e. The molecule has 1 atom stereocenters. The summed E-state index contributed by atoms with van der Waals surface area (Å²) in [6.07, 6.45) is 7.39. The van der Waals surface area contributed by atoms with Crippen molar-refractivity contribution in [1.82, 2.24) is 14.5 Å². The van der Waals surface area contributed by atoms with Crippen molar-refractivity contribution in [2.75, 3.05) is 20.2 Å². The molecule has 24 heavy (non-hydrogen) atoms. The van der Waals surface area contributed by atoms with Crippen molar-refractivity contribution in [2.45, 2.75) is 25.8 Å². The van der Waals surface area contributed by atoms with Gasteiger partial charge in [0.05, 0.1) is 12.7 Å². The Bertz CT molecular complexity index is 731. The van der Waals surface area contributed by atoms with E-state index in [1.807, 2.05) is 24.5 Å². The molecule has 0 unspecified atom stereocenters. The van der Waals surface area contributed by atoms with E-state index in [0.717, 1.165) is 31.9 Å². The molecule has 1 aliphatic heterocycles. The van der Waals surface area contributed by atoms with Crippen LogP contribution in [-0.2, 0) is 20.0 Å². The quantitative estimate of drug-likeness (QED) is 0.848. The lowest BCUT2D eigenvalue weighted by Gasteiger charge is -2.32. The molecule has 0 N–H and O–H groups in total. The van der Waals surface area contributed by atoms with Gasteiger partial charge in [-0.1, -0.05) is 6.07 Å². The second kappa shape index (κ2) is 7.50. The highest BCUT2D eigenvalue weighted by Gasteiger charge is 2.21. The van der Waals surface area contributed by atoms with E-state index in [2.05, 4.69) is 33.6 Å². The largest absolute Gasteiger partial charge is 0.495 e. The maximum absolute atomic E-state index is 9.24. The van der Waals surface area contributed by atoms with Crippen LogP contribution in [0.25, 0.3) is 0 Å². The number of ether oxygens (including phenoxy) is 1. The van der Waals surface area contributed by atoms with Gasteiger partial charge < -0.3 is 9.30 Å². The Kier molecular flexibility index (Phi) is 5.17. The summed E-state index contributed by atoms with van der Waals surface area (Å²) in [5.74, 6) is 2.46. The highest BCUT2D eigenvalue weighted by molar-refractivity contribution is 5.45. The molecule has 126 valence electrons. The maximum Gasteiger partial charge on any atom is 0.136 e. The van der Waals surface area contributed by atoms with Gasteiger partial charge in [-0.05, 0) is 43.0 Å². The zero-order valence-electron chi connectivity index (χ0n) is 14.4. The van der Waals surface area contributed by atoms with E-state index in [1.54, 1.807) is 7.11 Å². The van der Waals surface area contributed by atoms with Crippen LogP contribution in [0.15, 0.2) is 30.6 Å². The molecule has 1 aromatic carbocycles. The minimum atomic E-state index is 0.608. The third-order valence-corrected chi connectivity index (χ3v) is 4.79. The maximum atomic E-state index is 9.24. The van der Waals surface area contributed by atoms with Crippen LogP contribution in [0.3, 0.4) is 0 Å². The van der Waals surface area contributed by atoms with Crippen molar-refractivity contribution < 1.29 is 4.74 Å². The molecule has 0 radical (unpaired) electrons. The molecule has 5 nitrogen and oxygen atoms in total. The van der Waals surface area contributed by atoms with Gasteiger partial charge in [-0.25, -0.2) is 4.98 Å². The van der Waals surface area contributed by atoms with Crippen LogP contribution < -0.4 is 4.74 Å². The van der Waals surface area contributed by atoms with Crippen molar-refractivity contribution in [2.24, 2.45) is 13.0 Å². The Labute approximate surface area is 143 Å². The van der Waals surface area contributed by atoms with Gasteiger partial charge in [0, 0.05) is 39.0 Å². The molecule has 3 rings (SSSR count). The average molecular weight is 324 g/mol. The number of hydrogen-bond donors (Lipinski definition) is 0. The van der Waals surface area contributed by atoms with E-state index >= 15 is 0 Å². The van der Waals surface area contributed by atoms with Gasteiger partial charge in [0.2, 0.25) is 0 Å². The zero-order chi connectivity index (χ0) is 16.9. The van der Waals surface area contributed by atoms with Gasteiger partial charge >= 0.3 is 0 Å². The summed E-state index contributed by atoms with van der Waals surface area (Å²) in [7, 11) is 3.66. The third kappa shape index (κ3) is 3.77. The molecular weight excluding hydrogens is 300 g/mol. The number of likely N-dealkylation sites (tertiary alicyclic amines) is 1. The molecule has 0 spiro atoms. The monoisotopic (exact) mass is 324 g/mol. The Morgan fingerprint density at radius 1 is 1.42 bits per heavy atom. The topological polar surface area (TPSA) is 54.1 Å². The smallest absolute Gasteiger partial charge is 0.136 e. The van der Waals surface area contributed by atoms with E-state index < -0.39 is 0 Å². The van der Waals surface area contributed by atoms with Crippen LogP contribution in [0.4, 0.5) is 0 Å². The van der Waals surface area contributed by atoms with Gasteiger partial charge in [0.25, 0.3) is 0 Å². The molecule has 0 aliphatic carbocycles. The molecule has 2 aromatic rings. The first kappa shape index (κ1) is 16.5. The SMILES string of the molecule is COc1ccc(CN2CCC[C@@H](Cc3nccn3C)C2)cc1C#N. The number of piperidine rings is 1. The van der Waals surface area contributed by atoms with Crippen molar-refractivity contribution in [3.05, 3.63) is 47.5 Å². The Morgan fingerprint density at radius 2 is 2.29 bits per heavy atom. The number of hydrogen-bond acceptors (Lipinski definition) is 4. The Morgan fingerprint density at radius 3 is 3.00 bits per heavy atom. The summed E-state index contributed by atoms with van der Waals surface area (Å²) >= 11 is 0. The molecule has 1 saturated heterocycles. The normalized spacial score (nSPS) is 18.3.